The number of rotatable bonds is 2. The van der Waals surface area contributed by atoms with Crippen molar-refractivity contribution < 1.29 is 9.21 Å². The van der Waals surface area contributed by atoms with Gasteiger partial charge in [-0.3, -0.25) is 4.79 Å². The van der Waals surface area contributed by atoms with Gasteiger partial charge in [0.2, 0.25) is 0 Å². The number of aryl methyl sites for hydroxylation is 2. The van der Waals surface area contributed by atoms with Gasteiger partial charge in [0.05, 0.1) is 0 Å². The molecule has 0 aliphatic heterocycles. The molecule has 0 aliphatic rings. The van der Waals surface area contributed by atoms with Crippen LogP contribution in [0.3, 0.4) is 0 Å². The van der Waals surface area contributed by atoms with E-state index >= 15 is 0 Å². The molecule has 4 nitrogen and oxygen atoms in total. The molecule has 0 aliphatic carbocycles. The topological polar surface area (TPSA) is 55.1 Å². The number of nitrogens with one attached hydrogen (secondary N) is 1. The first-order valence-corrected chi connectivity index (χ1v) is 6.79. The molecule has 2 heterocycles. The summed E-state index contributed by atoms with van der Waals surface area (Å²) in [5.41, 5.74) is 5.19. The van der Waals surface area contributed by atoms with Crippen molar-refractivity contribution in [1.82, 2.24) is 4.98 Å². The number of fused-ring (bicyclic) bond motifs is 1. The molecule has 3 rings (SSSR count). The standard InChI is InChI=1S/C17H16N2O2/c1-10-5-4-6-13(12(10)3)19-17(20)16-9-14-15(21-16)8-7-11(2)18-14/h4-9H,1-3H3,(H,19,20). The number of amides is 1. The van der Waals surface area contributed by atoms with Crippen LogP contribution < -0.4 is 5.32 Å². The normalized spacial score (nSPS) is 10.8. The van der Waals surface area contributed by atoms with Gasteiger partial charge in [-0.15, -0.1) is 0 Å². The molecular formula is C17H16N2O2. The van der Waals surface area contributed by atoms with Crippen molar-refractivity contribution >= 4 is 22.7 Å². The lowest BCUT2D eigenvalue weighted by Crippen LogP contribution is -2.12. The molecule has 2 aromatic heterocycles. The van der Waals surface area contributed by atoms with E-state index in [1.807, 2.05) is 51.1 Å². The van der Waals surface area contributed by atoms with Crippen LogP contribution >= 0.6 is 0 Å². The monoisotopic (exact) mass is 280 g/mol. The molecule has 4 heteroatoms. The second-order valence-corrected chi connectivity index (χ2v) is 5.15. The minimum absolute atomic E-state index is 0.264. The van der Waals surface area contributed by atoms with Crippen molar-refractivity contribution in [1.29, 1.82) is 0 Å². The number of nitrogens with zero attached hydrogens (tertiary/aromatic N) is 1. The minimum atomic E-state index is -0.264. The Morgan fingerprint density at radius 3 is 2.76 bits per heavy atom. The number of carbonyl (C=O) groups is 1. The Bertz CT molecular complexity index is 834. The Kier molecular flexibility index (Phi) is 3.22. The fourth-order valence-electron chi connectivity index (χ4n) is 2.21. The van der Waals surface area contributed by atoms with E-state index in [-0.39, 0.29) is 11.7 Å². The van der Waals surface area contributed by atoms with Crippen LogP contribution in [0.15, 0.2) is 40.8 Å². The number of benzene rings is 1. The Morgan fingerprint density at radius 1 is 1.14 bits per heavy atom. The number of hydrogen-bond donors (Lipinski definition) is 1. The average molecular weight is 280 g/mol. The maximum absolute atomic E-state index is 12.3. The second-order valence-electron chi connectivity index (χ2n) is 5.15. The summed E-state index contributed by atoms with van der Waals surface area (Å²) in [5.74, 6) is 0.00311. The van der Waals surface area contributed by atoms with Gasteiger partial charge in [0.1, 0.15) is 5.52 Å². The lowest BCUT2D eigenvalue weighted by Gasteiger charge is -2.08. The zero-order valence-electron chi connectivity index (χ0n) is 12.2. The fraction of sp³-hybridized carbons (Fsp3) is 0.176. The average Bonchev–Trinajstić information content (AvgIpc) is 2.87. The van der Waals surface area contributed by atoms with E-state index in [0.29, 0.717) is 11.1 Å². The number of aromatic nitrogens is 1. The Hall–Kier alpha value is -2.62. The van der Waals surface area contributed by atoms with Crippen LogP contribution in [0.2, 0.25) is 0 Å². The van der Waals surface area contributed by atoms with E-state index in [1.54, 1.807) is 6.07 Å². The summed E-state index contributed by atoms with van der Waals surface area (Å²) in [7, 11) is 0. The Morgan fingerprint density at radius 2 is 1.95 bits per heavy atom. The van der Waals surface area contributed by atoms with E-state index in [9.17, 15) is 4.79 Å². The Balaban J connectivity index is 1.91. The number of hydrogen-bond acceptors (Lipinski definition) is 3. The lowest BCUT2D eigenvalue weighted by atomic mass is 10.1. The van der Waals surface area contributed by atoms with Gasteiger partial charge < -0.3 is 9.73 Å². The van der Waals surface area contributed by atoms with Gasteiger partial charge >= 0.3 is 0 Å². The maximum Gasteiger partial charge on any atom is 0.291 e. The lowest BCUT2D eigenvalue weighted by molar-refractivity contribution is 0.0998. The Labute approximate surface area is 122 Å². The molecule has 1 amide bonds. The molecule has 0 spiro atoms. The summed E-state index contributed by atoms with van der Waals surface area (Å²) >= 11 is 0. The van der Waals surface area contributed by atoms with Crippen molar-refractivity contribution in [3.8, 4) is 0 Å². The SMILES string of the molecule is Cc1ccc2oc(C(=O)Nc3cccc(C)c3C)cc2n1. The van der Waals surface area contributed by atoms with Gasteiger partial charge in [0.25, 0.3) is 5.91 Å². The molecule has 21 heavy (non-hydrogen) atoms. The van der Waals surface area contributed by atoms with Crippen LogP contribution in [0.4, 0.5) is 5.69 Å². The van der Waals surface area contributed by atoms with Crippen LogP contribution in [0, 0.1) is 20.8 Å². The predicted molar refractivity (Wildman–Crippen MR) is 82.6 cm³/mol. The molecule has 0 radical (unpaired) electrons. The smallest absolute Gasteiger partial charge is 0.291 e. The van der Waals surface area contributed by atoms with Crippen molar-refractivity contribution in [3.05, 3.63) is 59.0 Å². The summed E-state index contributed by atoms with van der Waals surface area (Å²) in [6.45, 7) is 5.90. The molecule has 3 aromatic rings. The molecular weight excluding hydrogens is 264 g/mol. The minimum Gasteiger partial charge on any atom is -0.449 e. The van der Waals surface area contributed by atoms with Crippen LogP contribution in [0.5, 0.6) is 0 Å². The van der Waals surface area contributed by atoms with E-state index in [2.05, 4.69) is 10.3 Å². The maximum atomic E-state index is 12.3. The first-order valence-electron chi connectivity index (χ1n) is 6.79. The first-order chi connectivity index (χ1) is 10.0. The van der Waals surface area contributed by atoms with Gasteiger partial charge in [-0.25, -0.2) is 4.98 Å². The molecule has 0 saturated carbocycles. The van der Waals surface area contributed by atoms with Gasteiger partial charge in [0, 0.05) is 17.4 Å². The molecule has 0 saturated heterocycles. The number of carbonyl (C=O) groups excluding carboxylic acids is 1. The van der Waals surface area contributed by atoms with E-state index in [4.69, 9.17) is 4.42 Å². The first kappa shape index (κ1) is 13.4. The molecule has 0 fully saturated rings. The number of anilines is 1. The fourth-order valence-corrected chi connectivity index (χ4v) is 2.21. The molecule has 106 valence electrons. The largest absolute Gasteiger partial charge is 0.449 e. The third kappa shape index (κ3) is 2.52. The van der Waals surface area contributed by atoms with Crippen molar-refractivity contribution in [2.45, 2.75) is 20.8 Å². The summed E-state index contributed by atoms with van der Waals surface area (Å²) in [6, 6.07) is 11.2. The molecule has 1 N–H and O–H groups in total. The molecule has 0 unspecified atom stereocenters. The third-order valence-electron chi connectivity index (χ3n) is 3.59. The highest BCUT2D eigenvalue weighted by molar-refractivity contribution is 6.04. The second kappa shape index (κ2) is 5.05. The molecule has 0 atom stereocenters. The quantitative estimate of drug-likeness (QED) is 0.771. The predicted octanol–water partition coefficient (Wildman–Crippen LogP) is 4.01. The highest BCUT2D eigenvalue weighted by Gasteiger charge is 2.14. The van der Waals surface area contributed by atoms with Crippen LogP contribution in [0.25, 0.3) is 11.1 Å². The number of furan rings is 1. The van der Waals surface area contributed by atoms with E-state index in [1.165, 1.54) is 0 Å². The van der Waals surface area contributed by atoms with Gasteiger partial charge in [-0.1, -0.05) is 12.1 Å². The van der Waals surface area contributed by atoms with Crippen molar-refractivity contribution in [3.63, 3.8) is 0 Å². The zero-order chi connectivity index (χ0) is 15.0. The van der Waals surface area contributed by atoms with Crippen LogP contribution in [0.1, 0.15) is 27.4 Å². The molecule has 0 bridgehead atoms. The number of pyridine rings is 1. The molecule has 1 aromatic carbocycles. The van der Waals surface area contributed by atoms with Crippen LogP contribution in [-0.2, 0) is 0 Å². The van der Waals surface area contributed by atoms with Gasteiger partial charge in [-0.2, -0.15) is 0 Å². The summed E-state index contributed by atoms with van der Waals surface area (Å²) in [5, 5.41) is 2.88. The van der Waals surface area contributed by atoms with Gasteiger partial charge in [0.15, 0.2) is 11.3 Å². The van der Waals surface area contributed by atoms with E-state index in [0.717, 1.165) is 22.5 Å². The zero-order valence-corrected chi connectivity index (χ0v) is 12.2. The summed E-state index contributed by atoms with van der Waals surface area (Å²) in [4.78, 5) is 16.6. The highest BCUT2D eigenvalue weighted by Crippen LogP contribution is 2.21. The third-order valence-corrected chi connectivity index (χ3v) is 3.59. The highest BCUT2D eigenvalue weighted by atomic mass is 16.3. The van der Waals surface area contributed by atoms with Crippen molar-refractivity contribution in [2.75, 3.05) is 5.32 Å². The van der Waals surface area contributed by atoms with Crippen LogP contribution in [-0.4, -0.2) is 10.9 Å². The van der Waals surface area contributed by atoms with E-state index < -0.39 is 0 Å². The van der Waals surface area contributed by atoms with Gasteiger partial charge in [-0.05, 0) is 50.1 Å². The summed E-state index contributed by atoms with van der Waals surface area (Å²) in [6.07, 6.45) is 0. The van der Waals surface area contributed by atoms with Crippen molar-refractivity contribution in [2.24, 2.45) is 0 Å². The summed E-state index contributed by atoms with van der Waals surface area (Å²) < 4.78 is 5.55.